The second kappa shape index (κ2) is 14.8. The number of hydrogen-bond donors (Lipinski definition) is 1. The van der Waals surface area contributed by atoms with E-state index in [9.17, 15) is 35.6 Å². The van der Waals surface area contributed by atoms with Gasteiger partial charge in [0.25, 0.3) is 0 Å². The van der Waals surface area contributed by atoms with Gasteiger partial charge in [-0.15, -0.1) is 0 Å². The highest BCUT2D eigenvalue weighted by atomic mass is 32.2. The van der Waals surface area contributed by atoms with Crippen LogP contribution in [-0.4, -0.2) is 42.0 Å². The van der Waals surface area contributed by atoms with Crippen molar-refractivity contribution in [2.75, 3.05) is 6.54 Å². The molecule has 43 heavy (non-hydrogen) atoms. The average Bonchev–Trinajstić information content (AvgIpc) is 3.62. The van der Waals surface area contributed by atoms with Gasteiger partial charge in [-0.05, 0) is 61.4 Å². The van der Waals surface area contributed by atoms with Gasteiger partial charge >= 0.3 is 15.5 Å². The van der Waals surface area contributed by atoms with Crippen molar-refractivity contribution in [1.82, 2.24) is 14.6 Å². The Hall–Kier alpha value is -2.80. The summed E-state index contributed by atoms with van der Waals surface area (Å²) < 4.78 is 81.0. The maximum Gasteiger partial charge on any atom is 0.516 e. The van der Waals surface area contributed by atoms with Crippen molar-refractivity contribution < 1.29 is 40.0 Å². The van der Waals surface area contributed by atoms with Crippen LogP contribution in [0.2, 0.25) is 0 Å². The number of halogens is 4. The Kier molecular flexibility index (Phi) is 11.4. The molecule has 2 heterocycles. The summed E-state index contributed by atoms with van der Waals surface area (Å²) in [6, 6.07) is 3.63. The number of Topliss-reactive ketones (excluding diaryl/α,β-unsaturated/α-hetero) is 1. The van der Waals surface area contributed by atoms with E-state index >= 15 is 0 Å². The average molecular weight is 630 g/mol. The summed E-state index contributed by atoms with van der Waals surface area (Å²) in [6.45, 7) is 0.879. The lowest BCUT2D eigenvalue weighted by atomic mass is 9.85. The summed E-state index contributed by atoms with van der Waals surface area (Å²) in [5.74, 6) is -0.667. The van der Waals surface area contributed by atoms with Crippen LogP contribution in [0.4, 0.5) is 17.6 Å². The van der Waals surface area contributed by atoms with E-state index in [1.54, 1.807) is 0 Å². The fourth-order valence-electron chi connectivity index (χ4n) is 6.07. The zero-order valence-electron chi connectivity index (χ0n) is 24.1. The second-order valence-electron chi connectivity index (χ2n) is 11.6. The highest BCUT2D eigenvalue weighted by Gasteiger charge is 2.46. The maximum atomic E-state index is 14.2. The number of hydrogen-bond acceptors (Lipinski definition) is 7. The van der Waals surface area contributed by atoms with E-state index in [-0.39, 0.29) is 24.8 Å². The quantitative estimate of drug-likeness (QED) is 0.140. The molecule has 0 bridgehead atoms. The first-order valence-electron chi connectivity index (χ1n) is 15.0. The molecule has 1 N–H and O–H groups in total. The van der Waals surface area contributed by atoms with Crippen molar-refractivity contribution in [3.05, 3.63) is 53.0 Å². The molecule has 238 valence electrons. The normalized spacial score (nSPS) is 18.7. The van der Waals surface area contributed by atoms with Crippen molar-refractivity contribution in [2.45, 2.75) is 108 Å². The number of oxazole rings is 1. The van der Waals surface area contributed by atoms with E-state index in [4.69, 9.17) is 4.42 Å². The van der Waals surface area contributed by atoms with E-state index in [0.29, 0.717) is 42.1 Å². The molecule has 0 radical (unpaired) electrons. The van der Waals surface area contributed by atoms with Gasteiger partial charge in [-0.3, -0.25) is 14.5 Å². The Morgan fingerprint density at radius 2 is 1.77 bits per heavy atom. The van der Waals surface area contributed by atoms with Gasteiger partial charge in [-0.2, -0.15) is 21.6 Å². The van der Waals surface area contributed by atoms with Crippen molar-refractivity contribution in [3.63, 3.8) is 0 Å². The van der Waals surface area contributed by atoms with Crippen LogP contribution in [0.1, 0.15) is 117 Å². The summed E-state index contributed by atoms with van der Waals surface area (Å²) in [5.41, 5.74) is -4.30. The number of nitrogens with zero attached hydrogens (tertiary/aromatic N) is 2. The number of ketones is 1. The number of carbonyl (C=O) groups excluding carboxylic acids is 2. The molecule has 13 heteroatoms. The summed E-state index contributed by atoms with van der Waals surface area (Å²) in [4.78, 5) is 31.2. The molecule has 1 aliphatic heterocycles. The van der Waals surface area contributed by atoms with Crippen molar-refractivity contribution in [3.8, 4) is 0 Å². The molecule has 8 nitrogen and oxygen atoms in total. The second-order valence-corrected chi connectivity index (χ2v) is 13.3. The van der Waals surface area contributed by atoms with Crippen LogP contribution in [0.15, 0.2) is 28.9 Å². The minimum atomic E-state index is -5.80. The highest BCUT2D eigenvalue weighted by molar-refractivity contribution is 7.90. The predicted molar refractivity (Wildman–Crippen MR) is 151 cm³/mol. The summed E-state index contributed by atoms with van der Waals surface area (Å²) in [7, 11) is -5.80. The highest BCUT2D eigenvalue weighted by Crippen LogP contribution is 2.34. The lowest BCUT2D eigenvalue weighted by Gasteiger charge is -2.23. The number of nitrogens with one attached hydrogen (secondary N) is 1. The first kappa shape index (κ1) is 33.1. The van der Waals surface area contributed by atoms with Crippen LogP contribution in [0.5, 0.6) is 0 Å². The lowest BCUT2D eigenvalue weighted by Crippen LogP contribution is -2.40. The van der Waals surface area contributed by atoms with E-state index in [2.05, 4.69) is 4.98 Å². The number of carbonyl (C=O) groups is 2. The molecule has 4 rings (SSSR count). The molecule has 1 amide bonds. The number of rotatable bonds is 14. The third kappa shape index (κ3) is 9.34. The number of unbranched alkanes of at least 4 members (excludes halogenated alkanes) is 2. The Morgan fingerprint density at radius 3 is 2.51 bits per heavy atom. The monoisotopic (exact) mass is 629 g/mol. The first-order chi connectivity index (χ1) is 20.4. The smallest absolute Gasteiger partial charge is 0.446 e. The van der Waals surface area contributed by atoms with Crippen LogP contribution in [0, 0.1) is 11.7 Å². The summed E-state index contributed by atoms with van der Waals surface area (Å²) >= 11 is 0. The third-order valence-corrected chi connectivity index (χ3v) is 9.52. The number of aryl methyl sites for hydroxylation is 1. The van der Waals surface area contributed by atoms with Gasteiger partial charge in [0.1, 0.15) is 17.8 Å². The Balaban J connectivity index is 1.30. The minimum absolute atomic E-state index is 0.0598. The maximum absolute atomic E-state index is 14.2. The molecule has 0 unspecified atom stereocenters. The molecule has 1 saturated carbocycles. The summed E-state index contributed by atoms with van der Waals surface area (Å²) in [6.07, 6.45) is 13.6. The van der Waals surface area contributed by atoms with Crippen LogP contribution in [-0.2, 0) is 27.8 Å². The number of amides is 1. The predicted octanol–water partition coefficient (Wildman–Crippen LogP) is 6.76. The molecule has 1 saturated heterocycles. The van der Waals surface area contributed by atoms with E-state index in [0.717, 1.165) is 36.3 Å². The van der Waals surface area contributed by atoms with Crippen molar-refractivity contribution in [1.29, 1.82) is 0 Å². The molecule has 2 fully saturated rings. The van der Waals surface area contributed by atoms with Gasteiger partial charge in [0, 0.05) is 19.4 Å². The van der Waals surface area contributed by atoms with Crippen LogP contribution in [0.3, 0.4) is 0 Å². The van der Waals surface area contributed by atoms with Crippen LogP contribution >= 0.6 is 0 Å². The molecular weight excluding hydrogens is 590 g/mol. The molecular formula is C30H39F4N3O5S. The number of sulfonamides is 1. The van der Waals surface area contributed by atoms with Crippen molar-refractivity contribution in [2.24, 2.45) is 5.92 Å². The van der Waals surface area contributed by atoms with Gasteiger partial charge in [0.05, 0.1) is 6.04 Å². The van der Waals surface area contributed by atoms with Crippen LogP contribution in [0.25, 0.3) is 0 Å². The zero-order chi connectivity index (χ0) is 31.0. The zero-order valence-corrected chi connectivity index (χ0v) is 25.0. The molecule has 0 spiro atoms. The number of alkyl halides is 3. The number of aromatic nitrogens is 1. The van der Waals surface area contributed by atoms with Gasteiger partial charge in [-0.25, -0.2) is 14.1 Å². The van der Waals surface area contributed by atoms with Gasteiger partial charge in [0.2, 0.25) is 11.8 Å². The van der Waals surface area contributed by atoms with Gasteiger partial charge in [-0.1, -0.05) is 57.4 Å². The lowest BCUT2D eigenvalue weighted by molar-refractivity contribution is -0.120. The molecule has 2 aromatic rings. The molecule has 1 aromatic heterocycles. The minimum Gasteiger partial charge on any atom is -0.446 e. The topological polar surface area (TPSA) is 110 Å². The molecule has 1 atom stereocenters. The number of benzene rings is 1. The van der Waals surface area contributed by atoms with E-state index in [1.165, 1.54) is 63.0 Å². The molecule has 1 aliphatic carbocycles. The number of likely N-dealkylation sites (tertiary alicyclic amines) is 1. The third-order valence-electron chi connectivity index (χ3n) is 8.41. The fourth-order valence-corrected chi connectivity index (χ4v) is 6.59. The molecule has 1 aromatic carbocycles. The largest absolute Gasteiger partial charge is 0.516 e. The Bertz CT molecular complexity index is 1360. The molecule has 2 aliphatic rings. The first-order valence-corrected chi connectivity index (χ1v) is 16.5. The van der Waals surface area contributed by atoms with E-state index in [1.807, 2.05) is 4.90 Å². The van der Waals surface area contributed by atoms with Gasteiger partial charge in [0.15, 0.2) is 5.78 Å². The van der Waals surface area contributed by atoms with Gasteiger partial charge < -0.3 is 4.42 Å². The standard InChI is InChI=1S/C30H39F4N3O5S/c31-24-15-13-22(14-16-28(39)36-43(40,41)30(32,33)34)23(18-24)19-37-17-7-11-26(37)29-35-25(20-42-29)27(38)12-6-2-5-10-21-8-3-1-4-9-21/h13,15,18,20-21,26H,1-12,14,16-17,19H2,(H,36,39)/t26-/m0/s1. The van der Waals surface area contributed by atoms with E-state index < -0.39 is 33.7 Å². The van der Waals surface area contributed by atoms with Crippen LogP contribution < -0.4 is 4.72 Å². The Labute approximate surface area is 249 Å². The Morgan fingerprint density at radius 1 is 1.00 bits per heavy atom. The SMILES string of the molecule is O=C(CCc1ccc(F)cc1CN1CCC[C@H]1c1nc(C(=O)CCCCCC2CCCCC2)co1)NS(=O)(=O)C(F)(F)F. The van der Waals surface area contributed by atoms with Crippen molar-refractivity contribution >= 4 is 21.7 Å². The summed E-state index contributed by atoms with van der Waals surface area (Å²) in [5, 5.41) is 0. The fraction of sp³-hybridized carbons (Fsp3) is 0.633.